The van der Waals surface area contributed by atoms with Crippen LogP contribution in [-0.4, -0.2) is 36.6 Å². The lowest BCUT2D eigenvalue weighted by Crippen LogP contribution is -2.38. The van der Waals surface area contributed by atoms with Crippen LogP contribution in [0, 0.1) is 5.92 Å². The van der Waals surface area contributed by atoms with Gasteiger partial charge in [0.25, 0.3) is 0 Å². The normalized spacial score (nSPS) is 26.9. The highest BCUT2D eigenvalue weighted by Crippen LogP contribution is 2.31. The highest BCUT2D eigenvalue weighted by Gasteiger charge is 2.35. The molecule has 1 aromatic carbocycles. The van der Waals surface area contributed by atoms with Crippen LogP contribution >= 0.6 is 0 Å². The first kappa shape index (κ1) is 12.7. The Morgan fingerprint density at radius 1 is 1.16 bits per heavy atom. The summed E-state index contributed by atoms with van der Waals surface area (Å²) >= 11 is 0. The lowest BCUT2D eigenvalue weighted by molar-refractivity contribution is 0.0389. The van der Waals surface area contributed by atoms with Crippen molar-refractivity contribution in [1.82, 2.24) is 4.90 Å². The van der Waals surface area contributed by atoms with Gasteiger partial charge in [-0.1, -0.05) is 24.6 Å². The average Bonchev–Trinajstić information content (AvgIpc) is 2.89. The second-order valence-corrected chi connectivity index (χ2v) is 5.61. The zero-order valence-electron chi connectivity index (χ0n) is 11.3. The zero-order valence-corrected chi connectivity index (χ0v) is 11.3. The van der Waals surface area contributed by atoms with Crippen LogP contribution < -0.4 is 0 Å². The molecule has 2 atom stereocenters. The molecule has 2 heterocycles. The molecule has 2 aliphatic heterocycles. The third-order valence-corrected chi connectivity index (χ3v) is 4.43. The highest BCUT2D eigenvalue weighted by molar-refractivity contribution is 5.89. The van der Waals surface area contributed by atoms with Crippen molar-refractivity contribution in [2.75, 3.05) is 19.7 Å². The summed E-state index contributed by atoms with van der Waals surface area (Å²) < 4.78 is 5.50. The predicted octanol–water partition coefficient (Wildman–Crippen LogP) is 2.72. The Hall–Kier alpha value is -1.35. The third kappa shape index (κ3) is 2.81. The number of piperidine rings is 1. The molecule has 0 radical (unpaired) electrons. The van der Waals surface area contributed by atoms with Crippen LogP contribution in [0.25, 0.3) is 0 Å². The average molecular weight is 259 g/mol. The molecule has 1 aromatic rings. The van der Waals surface area contributed by atoms with E-state index in [1.807, 2.05) is 30.3 Å². The second kappa shape index (κ2) is 5.74. The van der Waals surface area contributed by atoms with Crippen molar-refractivity contribution in [3.63, 3.8) is 0 Å². The Kier molecular flexibility index (Phi) is 3.83. The molecule has 0 aliphatic carbocycles. The molecule has 2 fully saturated rings. The van der Waals surface area contributed by atoms with Gasteiger partial charge < -0.3 is 4.74 Å². The van der Waals surface area contributed by atoms with Gasteiger partial charge in [0, 0.05) is 12.0 Å². The van der Waals surface area contributed by atoms with Crippen molar-refractivity contribution in [2.45, 2.75) is 31.7 Å². The summed E-state index contributed by atoms with van der Waals surface area (Å²) in [6.07, 6.45) is 5.09. The van der Waals surface area contributed by atoms with Crippen molar-refractivity contribution < 1.29 is 9.53 Å². The molecule has 3 nitrogen and oxygen atoms in total. The van der Waals surface area contributed by atoms with Crippen molar-refractivity contribution in [2.24, 2.45) is 5.92 Å². The van der Waals surface area contributed by atoms with Crippen LogP contribution in [0.4, 0.5) is 0 Å². The van der Waals surface area contributed by atoms with Crippen LogP contribution in [0.3, 0.4) is 0 Å². The minimum absolute atomic E-state index is 0.185. The molecule has 102 valence electrons. The highest BCUT2D eigenvalue weighted by atomic mass is 16.5. The number of carbonyl (C=O) groups is 1. The van der Waals surface area contributed by atoms with E-state index in [9.17, 15) is 4.79 Å². The van der Waals surface area contributed by atoms with Gasteiger partial charge in [-0.05, 0) is 44.5 Å². The van der Waals surface area contributed by atoms with Gasteiger partial charge in [-0.2, -0.15) is 0 Å². The van der Waals surface area contributed by atoms with E-state index in [-0.39, 0.29) is 5.97 Å². The number of carbonyl (C=O) groups excluding carboxylic acids is 1. The van der Waals surface area contributed by atoms with E-state index >= 15 is 0 Å². The van der Waals surface area contributed by atoms with Crippen LogP contribution in [0.5, 0.6) is 0 Å². The Bertz CT molecular complexity index is 432. The summed E-state index contributed by atoms with van der Waals surface area (Å²) in [6.45, 7) is 2.99. The standard InChI is InChI=1S/C16H21NO2/c18-16(13-6-2-1-3-7-13)19-12-14-9-11-17-10-5-4-8-15(14)17/h1-3,6-7,14-15H,4-5,8-12H2/t14-,15-/m0/s1. The van der Waals surface area contributed by atoms with E-state index in [0.29, 0.717) is 24.1 Å². The topological polar surface area (TPSA) is 29.5 Å². The van der Waals surface area contributed by atoms with Gasteiger partial charge in [0.15, 0.2) is 0 Å². The largest absolute Gasteiger partial charge is 0.462 e. The van der Waals surface area contributed by atoms with Gasteiger partial charge in [0.05, 0.1) is 12.2 Å². The molecule has 0 aromatic heterocycles. The van der Waals surface area contributed by atoms with E-state index in [2.05, 4.69) is 4.90 Å². The van der Waals surface area contributed by atoms with Gasteiger partial charge in [0.2, 0.25) is 0 Å². The Morgan fingerprint density at radius 3 is 2.84 bits per heavy atom. The van der Waals surface area contributed by atoms with Gasteiger partial charge >= 0.3 is 5.97 Å². The number of hydrogen-bond donors (Lipinski definition) is 0. The summed E-state index contributed by atoms with van der Waals surface area (Å²) in [4.78, 5) is 14.5. The first-order chi connectivity index (χ1) is 9.34. The molecule has 2 aliphatic rings. The molecule has 3 heteroatoms. The van der Waals surface area contributed by atoms with E-state index in [1.54, 1.807) is 0 Å². The van der Waals surface area contributed by atoms with E-state index in [1.165, 1.54) is 38.8 Å². The number of hydrogen-bond acceptors (Lipinski definition) is 3. The molecule has 19 heavy (non-hydrogen) atoms. The lowest BCUT2D eigenvalue weighted by Gasteiger charge is -2.32. The minimum Gasteiger partial charge on any atom is -0.462 e. The van der Waals surface area contributed by atoms with Gasteiger partial charge in [-0.25, -0.2) is 4.79 Å². The Morgan fingerprint density at radius 2 is 2.00 bits per heavy atom. The molecule has 0 saturated carbocycles. The number of rotatable bonds is 3. The maximum atomic E-state index is 11.9. The van der Waals surface area contributed by atoms with Crippen LogP contribution in [-0.2, 0) is 4.74 Å². The molecule has 0 unspecified atom stereocenters. The molecule has 0 spiro atoms. The lowest BCUT2D eigenvalue weighted by atomic mass is 9.94. The fraction of sp³-hybridized carbons (Fsp3) is 0.562. The molecule has 3 rings (SSSR count). The molecular formula is C16H21NO2. The molecule has 0 N–H and O–H groups in total. The van der Waals surface area contributed by atoms with E-state index < -0.39 is 0 Å². The van der Waals surface area contributed by atoms with Crippen LogP contribution in [0.15, 0.2) is 30.3 Å². The summed E-state index contributed by atoms with van der Waals surface area (Å²) in [5, 5.41) is 0. The molecular weight excluding hydrogens is 238 g/mol. The van der Waals surface area contributed by atoms with Crippen molar-refractivity contribution >= 4 is 5.97 Å². The van der Waals surface area contributed by atoms with E-state index in [0.717, 1.165) is 0 Å². The van der Waals surface area contributed by atoms with Crippen molar-refractivity contribution in [3.05, 3.63) is 35.9 Å². The molecule has 2 saturated heterocycles. The summed E-state index contributed by atoms with van der Waals surface area (Å²) in [5.74, 6) is 0.350. The minimum atomic E-state index is -0.185. The first-order valence-electron chi connectivity index (χ1n) is 7.31. The van der Waals surface area contributed by atoms with Gasteiger partial charge in [-0.15, -0.1) is 0 Å². The maximum Gasteiger partial charge on any atom is 0.338 e. The first-order valence-corrected chi connectivity index (χ1v) is 7.31. The number of nitrogens with zero attached hydrogens (tertiary/aromatic N) is 1. The number of fused-ring (bicyclic) bond motifs is 1. The number of ether oxygens (including phenoxy) is 1. The maximum absolute atomic E-state index is 11.9. The monoisotopic (exact) mass is 259 g/mol. The quantitative estimate of drug-likeness (QED) is 0.782. The second-order valence-electron chi connectivity index (χ2n) is 5.61. The molecule has 0 amide bonds. The fourth-order valence-electron chi connectivity index (χ4n) is 3.39. The van der Waals surface area contributed by atoms with Crippen LogP contribution in [0.1, 0.15) is 36.0 Å². The van der Waals surface area contributed by atoms with Gasteiger partial charge in [-0.3, -0.25) is 4.90 Å². The van der Waals surface area contributed by atoms with Crippen molar-refractivity contribution in [3.8, 4) is 0 Å². The Labute approximate surface area is 114 Å². The zero-order chi connectivity index (χ0) is 13.1. The summed E-state index contributed by atoms with van der Waals surface area (Å²) in [7, 11) is 0. The fourth-order valence-corrected chi connectivity index (χ4v) is 3.39. The summed E-state index contributed by atoms with van der Waals surface area (Å²) in [6, 6.07) is 9.92. The summed E-state index contributed by atoms with van der Waals surface area (Å²) in [5.41, 5.74) is 0.654. The van der Waals surface area contributed by atoms with E-state index in [4.69, 9.17) is 4.74 Å². The van der Waals surface area contributed by atoms with Crippen LogP contribution in [0.2, 0.25) is 0 Å². The molecule has 0 bridgehead atoms. The Balaban J connectivity index is 1.54. The number of benzene rings is 1. The SMILES string of the molecule is O=C(OC[C@@H]1CCN2CCCC[C@@H]12)c1ccccc1. The number of esters is 1. The smallest absolute Gasteiger partial charge is 0.338 e. The third-order valence-electron chi connectivity index (χ3n) is 4.43. The van der Waals surface area contributed by atoms with Gasteiger partial charge in [0.1, 0.15) is 0 Å². The van der Waals surface area contributed by atoms with Crippen molar-refractivity contribution in [1.29, 1.82) is 0 Å². The predicted molar refractivity (Wildman–Crippen MR) is 74.0 cm³/mol.